The van der Waals surface area contributed by atoms with Gasteiger partial charge in [-0.25, -0.2) is 4.79 Å². The van der Waals surface area contributed by atoms with E-state index in [2.05, 4.69) is 19.2 Å². The monoisotopic (exact) mass is 355 g/mol. The van der Waals surface area contributed by atoms with E-state index in [0.717, 1.165) is 16.8 Å². The largest absolute Gasteiger partial charge is 0.493 e. The molecule has 1 N–H and O–H groups in total. The van der Waals surface area contributed by atoms with Gasteiger partial charge in [0.25, 0.3) is 5.91 Å². The first-order valence-corrected chi connectivity index (χ1v) is 8.63. The summed E-state index contributed by atoms with van der Waals surface area (Å²) in [5.74, 6) is 0.211. The van der Waals surface area contributed by atoms with E-state index in [4.69, 9.17) is 9.47 Å². The lowest BCUT2D eigenvalue weighted by molar-refractivity contribution is -0.119. The second-order valence-corrected chi connectivity index (χ2v) is 6.62. The van der Waals surface area contributed by atoms with Gasteiger partial charge in [-0.2, -0.15) is 0 Å². The summed E-state index contributed by atoms with van der Waals surface area (Å²) >= 11 is 0. The second kappa shape index (κ2) is 9.04. The van der Waals surface area contributed by atoms with E-state index in [0.29, 0.717) is 23.8 Å². The molecule has 0 fully saturated rings. The first kappa shape index (κ1) is 19.5. The minimum atomic E-state index is -0.544. The molecule has 1 amide bonds. The van der Waals surface area contributed by atoms with Crippen molar-refractivity contribution in [3.63, 3.8) is 0 Å². The topological polar surface area (TPSA) is 64.6 Å². The number of rotatable bonds is 7. The summed E-state index contributed by atoms with van der Waals surface area (Å²) in [4.78, 5) is 24.1. The summed E-state index contributed by atoms with van der Waals surface area (Å²) < 4.78 is 10.7. The molecule has 26 heavy (non-hydrogen) atoms. The maximum absolute atomic E-state index is 12.1. The molecule has 0 aromatic heterocycles. The molecule has 0 radical (unpaired) electrons. The van der Waals surface area contributed by atoms with Crippen molar-refractivity contribution in [2.75, 3.05) is 18.5 Å². The Labute approximate surface area is 154 Å². The highest BCUT2D eigenvalue weighted by Crippen LogP contribution is 2.19. The van der Waals surface area contributed by atoms with Crippen LogP contribution in [0.2, 0.25) is 0 Å². The molecule has 0 saturated heterocycles. The fourth-order valence-electron chi connectivity index (χ4n) is 2.35. The van der Waals surface area contributed by atoms with E-state index in [1.807, 2.05) is 32.0 Å². The van der Waals surface area contributed by atoms with Crippen molar-refractivity contribution in [2.45, 2.75) is 27.7 Å². The van der Waals surface area contributed by atoms with Gasteiger partial charge in [-0.05, 0) is 55.2 Å². The van der Waals surface area contributed by atoms with Crippen molar-refractivity contribution in [2.24, 2.45) is 5.92 Å². The third-order valence-corrected chi connectivity index (χ3v) is 3.75. The molecular formula is C21H25NO4. The molecule has 138 valence electrons. The molecule has 0 aliphatic heterocycles. The van der Waals surface area contributed by atoms with E-state index in [-0.39, 0.29) is 12.5 Å². The van der Waals surface area contributed by atoms with Gasteiger partial charge in [-0.15, -0.1) is 0 Å². The van der Waals surface area contributed by atoms with Gasteiger partial charge in [0.1, 0.15) is 5.75 Å². The quantitative estimate of drug-likeness (QED) is 0.758. The van der Waals surface area contributed by atoms with Gasteiger partial charge in [0.15, 0.2) is 6.61 Å². The minimum Gasteiger partial charge on any atom is -0.493 e. The van der Waals surface area contributed by atoms with Crippen LogP contribution in [0.3, 0.4) is 0 Å². The maximum atomic E-state index is 12.1. The molecule has 2 aromatic rings. The Bertz CT molecular complexity index is 746. The van der Waals surface area contributed by atoms with Crippen LogP contribution in [-0.4, -0.2) is 25.1 Å². The lowest BCUT2D eigenvalue weighted by Crippen LogP contribution is -2.21. The number of para-hydroxylation sites is 1. The fourth-order valence-corrected chi connectivity index (χ4v) is 2.35. The molecule has 2 aromatic carbocycles. The molecule has 0 atom stereocenters. The minimum absolute atomic E-state index is 0.335. The van der Waals surface area contributed by atoms with Crippen LogP contribution in [0.25, 0.3) is 0 Å². The standard InChI is InChI=1S/C21H25NO4/c1-14(2)12-25-18-10-8-17(9-11-18)21(24)26-13-19(23)22-20-15(3)6-5-7-16(20)4/h5-11,14H,12-13H2,1-4H3,(H,22,23). The van der Waals surface area contributed by atoms with Crippen molar-refractivity contribution >= 4 is 17.6 Å². The summed E-state index contributed by atoms with van der Waals surface area (Å²) in [6, 6.07) is 12.4. The number of hydrogen-bond donors (Lipinski definition) is 1. The molecule has 0 bridgehead atoms. The van der Waals surface area contributed by atoms with E-state index >= 15 is 0 Å². The van der Waals surface area contributed by atoms with Crippen LogP contribution < -0.4 is 10.1 Å². The van der Waals surface area contributed by atoms with Gasteiger partial charge in [0.05, 0.1) is 12.2 Å². The van der Waals surface area contributed by atoms with Crippen molar-refractivity contribution in [1.29, 1.82) is 0 Å². The van der Waals surface area contributed by atoms with Gasteiger partial charge in [0.2, 0.25) is 0 Å². The number of carbonyl (C=O) groups excluding carboxylic acids is 2. The number of ether oxygens (including phenoxy) is 2. The van der Waals surface area contributed by atoms with Crippen LogP contribution in [0.4, 0.5) is 5.69 Å². The summed E-state index contributed by atoms with van der Waals surface area (Å²) in [5, 5.41) is 2.79. The molecule has 5 heteroatoms. The number of hydrogen-bond acceptors (Lipinski definition) is 4. The van der Waals surface area contributed by atoms with Crippen LogP contribution in [0.5, 0.6) is 5.75 Å². The highest BCUT2D eigenvalue weighted by Gasteiger charge is 2.12. The highest BCUT2D eigenvalue weighted by atomic mass is 16.5. The molecule has 0 spiro atoms. The predicted octanol–water partition coefficient (Wildman–Crippen LogP) is 4.13. The summed E-state index contributed by atoms with van der Waals surface area (Å²) in [5.41, 5.74) is 3.05. The summed E-state index contributed by atoms with van der Waals surface area (Å²) in [7, 11) is 0. The number of benzene rings is 2. The summed E-state index contributed by atoms with van der Waals surface area (Å²) in [6.07, 6.45) is 0. The van der Waals surface area contributed by atoms with Gasteiger partial charge in [-0.3, -0.25) is 4.79 Å². The average Bonchev–Trinajstić information content (AvgIpc) is 2.61. The lowest BCUT2D eigenvalue weighted by atomic mass is 10.1. The lowest BCUT2D eigenvalue weighted by Gasteiger charge is -2.12. The molecular weight excluding hydrogens is 330 g/mol. The maximum Gasteiger partial charge on any atom is 0.338 e. The van der Waals surface area contributed by atoms with Crippen LogP contribution in [0, 0.1) is 19.8 Å². The molecule has 5 nitrogen and oxygen atoms in total. The zero-order valence-corrected chi connectivity index (χ0v) is 15.7. The van der Waals surface area contributed by atoms with E-state index in [1.54, 1.807) is 24.3 Å². The Kier molecular flexibility index (Phi) is 6.78. The van der Waals surface area contributed by atoms with Crippen molar-refractivity contribution in [3.05, 3.63) is 59.2 Å². The second-order valence-electron chi connectivity index (χ2n) is 6.62. The first-order valence-electron chi connectivity index (χ1n) is 8.63. The average molecular weight is 355 g/mol. The third-order valence-electron chi connectivity index (χ3n) is 3.75. The molecule has 0 unspecified atom stereocenters. The number of carbonyl (C=O) groups is 2. The van der Waals surface area contributed by atoms with Gasteiger partial charge >= 0.3 is 5.97 Å². The SMILES string of the molecule is Cc1cccc(C)c1NC(=O)COC(=O)c1ccc(OCC(C)C)cc1. The molecule has 0 saturated carbocycles. The van der Waals surface area contributed by atoms with Crippen molar-refractivity contribution < 1.29 is 19.1 Å². The Morgan fingerprint density at radius 2 is 1.62 bits per heavy atom. The van der Waals surface area contributed by atoms with Crippen molar-refractivity contribution in [1.82, 2.24) is 0 Å². The van der Waals surface area contributed by atoms with Crippen LogP contribution in [0.15, 0.2) is 42.5 Å². The number of aryl methyl sites for hydroxylation is 2. The van der Waals surface area contributed by atoms with Crippen molar-refractivity contribution in [3.8, 4) is 5.75 Å². The first-order chi connectivity index (χ1) is 12.4. The van der Waals surface area contributed by atoms with Gasteiger partial charge < -0.3 is 14.8 Å². The fraction of sp³-hybridized carbons (Fsp3) is 0.333. The van der Waals surface area contributed by atoms with Crippen LogP contribution in [-0.2, 0) is 9.53 Å². The van der Waals surface area contributed by atoms with Gasteiger partial charge in [-0.1, -0.05) is 32.0 Å². The Hall–Kier alpha value is -2.82. The third kappa shape index (κ3) is 5.62. The Balaban J connectivity index is 1.87. The number of anilines is 1. The van der Waals surface area contributed by atoms with Crippen LogP contribution >= 0.6 is 0 Å². The smallest absolute Gasteiger partial charge is 0.338 e. The number of esters is 1. The van der Waals surface area contributed by atoms with Crippen LogP contribution in [0.1, 0.15) is 35.3 Å². The molecule has 2 rings (SSSR count). The Morgan fingerprint density at radius 3 is 2.19 bits per heavy atom. The zero-order chi connectivity index (χ0) is 19.1. The zero-order valence-electron chi connectivity index (χ0n) is 15.7. The predicted molar refractivity (Wildman–Crippen MR) is 102 cm³/mol. The van der Waals surface area contributed by atoms with Gasteiger partial charge in [0, 0.05) is 5.69 Å². The summed E-state index contributed by atoms with van der Waals surface area (Å²) in [6.45, 7) is 8.24. The number of amides is 1. The van der Waals surface area contributed by atoms with E-state index < -0.39 is 5.97 Å². The van der Waals surface area contributed by atoms with E-state index in [1.165, 1.54) is 0 Å². The molecule has 0 aliphatic rings. The Morgan fingerprint density at radius 1 is 1.00 bits per heavy atom. The molecule has 0 aliphatic carbocycles. The molecule has 0 heterocycles. The van der Waals surface area contributed by atoms with E-state index in [9.17, 15) is 9.59 Å². The highest BCUT2D eigenvalue weighted by molar-refractivity contribution is 5.96. The normalized spacial score (nSPS) is 10.5. The number of nitrogens with one attached hydrogen (secondary N) is 1.